The van der Waals surface area contributed by atoms with Crippen LogP contribution in [0.25, 0.3) is 11.3 Å². The van der Waals surface area contributed by atoms with E-state index >= 15 is 0 Å². The second-order valence-corrected chi connectivity index (χ2v) is 4.96. The van der Waals surface area contributed by atoms with E-state index in [4.69, 9.17) is 4.74 Å². The second kappa shape index (κ2) is 6.34. The largest absolute Gasteiger partial charge is 0.506 e. The van der Waals surface area contributed by atoms with E-state index in [0.29, 0.717) is 10.6 Å². The average Bonchev–Trinajstić information content (AvgIpc) is 2.86. The molecule has 104 valence electrons. The number of benzene rings is 1. The molecule has 0 saturated heterocycles. The first kappa shape index (κ1) is 14.3. The predicted octanol–water partition coefficient (Wildman–Crippen LogP) is 3.44. The maximum absolute atomic E-state index is 12.1. The summed E-state index contributed by atoms with van der Waals surface area (Å²) in [4.78, 5) is 16.4. The van der Waals surface area contributed by atoms with Crippen LogP contribution < -0.4 is 0 Å². The van der Waals surface area contributed by atoms with Gasteiger partial charge in [0.15, 0.2) is 0 Å². The van der Waals surface area contributed by atoms with Crippen molar-refractivity contribution in [1.82, 2.24) is 4.98 Å². The van der Waals surface area contributed by atoms with Crippen LogP contribution in [0.5, 0.6) is 0 Å². The van der Waals surface area contributed by atoms with Gasteiger partial charge < -0.3 is 9.84 Å². The van der Waals surface area contributed by atoms with E-state index in [1.54, 1.807) is 31.2 Å². The lowest BCUT2D eigenvalue weighted by Crippen LogP contribution is -2.09. The summed E-state index contributed by atoms with van der Waals surface area (Å²) in [7, 11) is 0. The minimum atomic E-state index is -0.566. The number of carbonyl (C=O) groups is 1. The molecule has 0 aliphatic carbocycles. The van der Waals surface area contributed by atoms with Gasteiger partial charge in [-0.1, -0.05) is 30.3 Å². The molecule has 0 spiro atoms. The Morgan fingerprint density at radius 3 is 2.60 bits per heavy atom. The van der Waals surface area contributed by atoms with Crippen LogP contribution in [0.2, 0.25) is 0 Å². The maximum atomic E-state index is 12.1. The molecule has 1 aromatic carbocycles. The molecule has 1 N–H and O–H groups in total. The van der Waals surface area contributed by atoms with Crippen LogP contribution in [0.1, 0.15) is 23.2 Å². The van der Waals surface area contributed by atoms with Crippen molar-refractivity contribution in [3.63, 3.8) is 0 Å². The van der Waals surface area contributed by atoms with Crippen molar-refractivity contribution in [2.24, 2.45) is 0 Å². The van der Waals surface area contributed by atoms with E-state index in [9.17, 15) is 9.90 Å². The van der Waals surface area contributed by atoms with Gasteiger partial charge in [0.25, 0.3) is 0 Å². The van der Waals surface area contributed by atoms with E-state index in [1.165, 1.54) is 11.3 Å². The van der Waals surface area contributed by atoms with Gasteiger partial charge in [0, 0.05) is 16.6 Å². The molecule has 2 aromatic rings. The number of aromatic nitrogens is 1. The number of aliphatic hydroxyl groups is 1. The van der Waals surface area contributed by atoms with Crippen molar-refractivity contribution in [3.8, 4) is 0 Å². The third kappa shape index (κ3) is 3.05. The third-order valence-corrected chi connectivity index (χ3v) is 3.57. The van der Waals surface area contributed by atoms with Gasteiger partial charge in [-0.15, -0.1) is 11.3 Å². The molecular formula is C15H15NO3S. The number of esters is 1. The van der Waals surface area contributed by atoms with E-state index in [2.05, 4.69) is 4.98 Å². The summed E-state index contributed by atoms with van der Waals surface area (Å²) in [6, 6.07) is 8.89. The van der Waals surface area contributed by atoms with E-state index in [0.717, 1.165) is 5.69 Å². The quantitative estimate of drug-likeness (QED) is 0.532. The molecule has 0 atom stereocenters. The van der Waals surface area contributed by atoms with Gasteiger partial charge in [0.2, 0.25) is 0 Å². The molecule has 2 rings (SSSR count). The summed E-state index contributed by atoms with van der Waals surface area (Å²) in [5, 5.41) is 12.7. The van der Waals surface area contributed by atoms with Crippen LogP contribution in [0.4, 0.5) is 0 Å². The Morgan fingerprint density at radius 1 is 1.35 bits per heavy atom. The van der Waals surface area contributed by atoms with Gasteiger partial charge in [0.05, 0.1) is 6.61 Å². The van der Waals surface area contributed by atoms with Crippen LogP contribution in [0.15, 0.2) is 35.7 Å². The number of rotatable bonds is 4. The number of ether oxygens (including phenoxy) is 1. The van der Waals surface area contributed by atoms with E-state index < -0.39 is 5.97 Å². The van der Waals surface area contributed by atoms with Crippen molar-refractivity contribution in [2.75, 3.05) is 6.61 Å². The summed E-state index contributed by atoms with van der Waals surface area (Å²) < 4.78 is 5.02. The highest BCUT2D eigenvalue weighted by atomic mass is 32.1. The maximum Gasteiger partial charge on any atom is 0.345 e. The molecule has 0 fully saturated rings. The SMILES string of the molecule is CCOC(=O)/C(=C(/O)c1ccccc1)c1nc(C)cs1. The Balaban J connectivity index is 2.54. The Labute approximate surface area is 121 Å². The van der Waals surface area contributed by atoms with Gasteiger partial charge in [-0.05, 0) is 13.8 Å². The van der Waals surface area contributed by atoms with Gasteiger partial charge in [-0.2, -0.15) is 0 Å². The Hall–Kier alpha value is -2.14. The lowest BCUT2D eigenvalue weighted by Gasteiger charge is -2.08. The zero-order valence-corrected chi connectivity index (χ0v) is 12.1. The van der Waals surface area contributed by atoms with Crippen LogP contribution in [-0.2, 0) is 9.53 Å². The summed E-state index contributed by atoms with van der Waals surface area (Å²) in [6.45, 7) is 3.80. The molecule has 0 bridgehead atoms. The summed E-state index contributed by atoms with van der Waals surface area (Å²) >= 11 is 1.31. The van der Waals surface area contributed by atoms with Gasteiger partial charge in [-0.3, -0.25) is 0 Å². The number of aryl methyl sites for hydroxylation is 1. The molecule has 0 aliphatic rings. The highest BCUT2D eigenvalue weighted by Crippen LogP contribution is 2.28. The molecule has 1 aromatic heterocycles. The summed E-state index contributed by atoms with van der Waals surface area (Å²) in [5.74, 6) is -0.679. The topological polar surface area (TPSA) is 59.4 Å². The average molecular weight is 289 g/mol. The van der Waals surface area contributed by atoms with Crippen molar-refractivity contribution in [1.29, 1.82) is 0 Å². The fourth-order valence-electron chi connectivity index (χ4n) is 1.70. The molecule has 4 nitrogen and oxygen atoms in total. The number of hydrogen-bond acceptors (Lipinski definition) is 5. The minimum Gasteiger partial charge on any atom is -0.506 e. The molecule has 0 unspecified atom stereocenters. The first-order valence-corrected chi connectivity index (χ1v) is 7.09. The first-order chi connectivity index (χ1) is 9.63. The fourth-order valence-corrected chi connectivity index (χ4v) is 2.53. The van der Waals surface area contributed by atoms with Crippen molar-refractivity contribution in [3.05, 3.63) is 52.0 Å². The van der Waals surface area contributed by atoms with E-state index in [1.807, 2.05) is 18.4 Å². The number of aliphatic hydroxyl groups excluding tert-OH is 1. The number of hydrogen-bond donors (Lipinski definition) is 1. The highest BCUT2D eigenvalue weighted by molar-refractivity contribution is 7.11. The van der Waals surface area contributed by atoms with Crippen molar-refractivity contribution >= 4 is 28.6 Å². The molecule has 0 aliphatic heterocycles. The molecule has 20 heavy (non-hydrogen) atoms. The second-order valence-electron chi connectivity index (χ2n) is 4.10. The smallest absolute Gasteiger partial charge is 0.345 e. The highest BCUT2D eigenvalue weighted by Gasteiger charge is 2.22. The van der Waals surface area contributed by atoms with E-state index in [-0.39, 0.29) is 17.9 Å². The van der Waals surface area contributed by atoms with Crippen LogP contribution >= 0.6 is 11.3 Å². The summed E-state index contributed by atoms with van der Waals surface area (Å²) in [5.41, 5.74) is 1.47. The normalized spacial score (nSPS) is 11.9. The van der Waals surface area contributed by atoms with Crippen LogP contribution in [0, 0.1) is 6.92 Å². The molecule has 0 amide bonds. The van der Waals surface area contributed by atoms with Crippen molar-refractivity contribution in [2.45, 2.75) is 13.8 Å². The molecule has 0 saturated carbocycles. The zero-order valence-electron chi connectivity index (χ0n) is 11.3. The van der Waals surface area contributed by atoms with Gasteiger partial charge >= 0.3 is 5.97 Å². The Kier molecular flexibility index (Phi) is 4.53. The number of nitrogens with zero attached hydrogens (tertiary/aromatic N) is 1. The monoisotopic (exact) mass is 289 g/mol. The fraction of sp³-hybridized carbons (Fsp3) is 0.200. The lowest BCUT2D eigenvalue weighted by atomic mass is 10.1. The lowest BCUT2D eigenvalue weighted by molar-refractivity contribution is -0.136. The molecule has 0 radical (unpaired) electrons. The van der Waals surface area contributed by atoms with Gasteiger partial charge in [-0.25, -0.2) is 9.78 Å². The zero-order chi connectivity index (χ0) is 14.5. The van der Waals surface area contributed by atoms with Crippen molar-refractivity contribution < 1.29 is 14.6 Å². The number of thiazole rings is 1. The van der Waals surface area contributed by atoms with Crippen LogP contribution in [-0.4, -0.2) is 22.7 Å². The Bertz CT molecular complexity index is 632. The number of carbonyl (C=O) groups excluding carboxylic acids is 1. The molecule has 1 heterocycles. The summed E-state index contributed by atoms with van der Waals surface area (Å²) in [6.07, 6.45) is 0. The van der Waals surface area contributed by atoms with Crippen LogP contribution in [0.3, 0.4) is 0 Å². The minimum absolute atomic E-state index is 0.108. The van der Waals surface area contributed by atoms with Gasteiger partial charge in [0.1, 0.15) is 16.3 Å². The standard InChI is InChI=1S/C15H15NO3S/c1-3-19-15(18)12(14-16-10(2)9-20-14)13(17)11-7-5-4-6-8-11/h4-9,17H,3H2,1-2H3/b13-12+. The third-order valence-electron chi connectivity index (χ3n) is 2.60. The first-order valence-electron chi connectivity index (χ1n) is 6.21. The molecule has 5 heteroatoms. The Morgan fingerprint density at radius 2 is 2.05 bits per heavy atom. The predicted molar refractivity (Wildman–Crippen MR) is 79.4 cm³/mol. The molecular weight excluding hydrogens is 274 g/mol.